The van der Waals surface area contributed by atoms with Crippen LogP contribution in [-0.2, 0) is 24.8 Å². The highest BCUT2D eigenvalue weighted by Gasteiger charge is 2.42. The van der Waals surface area contributed by atoms with Crippen LogP contribution >= 0.6 is 11.3 Å². The Morgan fingerprint density at radius 2 is 1.92 bits per heavy atom. The van der Waals surface area contributed by atoms with E-state index in [-0.39, 0.29) is 22.7 Å². The van der Waals surface area contributed by atoms with Gasteiger partial charge in [0, 0.05) is 25.7 Å². The standard InChI is InChI=1S/C15H23N3O5S3/c1-25(20,21)16-12-5-2-8-17(11-12)15(19)13-6-3-9-18(13)26(22,23)14-7-4-10-24-14/h4,7,10,12-13,16H,2-3,5-6,8-9,11H2,1H3. The first-order valence-corrected chi connectivity index (χ1v) is 12.7. The molecule has 2 fully saturated rings. The SMILES string of the molecule is CS(=O)(=O)NC1CCCN(C(=O)C2CCCN2S(=O)(=O)c2cccs2)C1. The summed E-state index contributed by atoms with van der Waals surface area (Å²) in [4.78, 5) is 14.6. The number of sulfonamides is 2. The Morgan fingerprint density at radius 1 is 1.19 bits per heavy atom. The van der Waals surface area contributed by atoms with E-state index in [0.29, 0.717) is 38.8 Å². The van der Waals surface area contributed by atoms with Gasteiger partial charge in [0.2, 0.25) is 15.9 Å². The van der Waals surface area contributed by atoms with E-state index in [1.807, 2.05) is 0 Å². The van der Waals surface area contributed by atoms with Gasteiger partial charge in [-0.1, -0.05) is 6.07 Å². The molecular formula is C15H23N3O5S3. The number of likely N-dealkylation sites (tertiary alicyclic amines) is 1. The Kier molecular flexibility index (Phi) is 5.73. The third-order valence-electron chi connectivity index (χ3n) is 4.66. The third kappa shape index (κ3) is 4.28. The second kappa shape index (κ2) is 7.55. The Balaban J connectivity index is 1.74. The van der Waals surface area contributed by atoms with E-state index in [1.165, 1.54) is 4.31 Å². The molecule has 1 aromatic heterocycles. The number of piperidine rings is 1. The summed E-state index contributed by atoms with van der Waals surface area (Å²) in [5.41, 5.74) is 0. The summed E-state index contributed by atoms with van der Waals surface area (Å²) >= 11 is 1.14. The van der Waals surface area contributed by atoms with Gasteiger partial charge in [-0.05, 0) is 37.1 Å². The van der Waals surface area contributed by atoms with E-state index in [9.17, 15) is 21.6 Å². The summed E-state index contributed by atoms with van der Waals surface area (Å²) in [6, 6.07) is 2.19. The van der Waals surface area contributed by atoms with Crippen LogP contribution in [0.15, 0.2) is 21.7 Å². The van der Waals surface area contributed by atoms with Crippen molar-refractivity contribution >= 4 is 37.3 Å². The number of carbonyl (C=O) groups is 1. The number of hydrogen-bond acceptors (Lipinski definition) is 6. The molecule has 0 spiro atoms. The highest BCUT2D eigenvalue weighted by Crippen LogP contribution is 2.30. The molecule has 2 saturated heterocycles. The Hall–Kier alpha value is -1.01. The minimum absolute atomic E-state index is 0.234. The van der Waals surface area contributed by atoms with Crippen molar-refractivity contribution in [3.63, 3.8) is 0 Å². The number of nitrogens with zero attached hydrogens (tertiary/aromatic N) is 2. The first-order valence-electron chi connectivity index (χ1n) is 8.50. The van der Waals surface area contributed by atoms with Crippen LogP contribution in [0.25, 0.3) is 0 Å². The van der Waals surface area contributed by atoms with Crippen LogP contribution < -0.4 is 4.72 Å². The van der Waals surface area contributed by atoms with Crippen molar-refractivity contribution in [3.05, 3.63) is 17.5 Å². The normalized spacial score (nSPS) is 25.5. The number of nitrogens with one attached hydrogen (secondary N) is 1. The Labute approximate surface area is 158 Å². The van der Waals surface area contributed by atoms with Gasteiger partial charge in [-0.2, -0.15) is 4.31 Å². The molecule has 2 atom stereocenters. The smallest absolute Gasteiger partial charge is 0.253 e. The third-order valence-corrected chi connectivity index (χ3v) is 8.70. The van der Waals surface area contributed by atoms with Crippen LogP contribution in [0, 0.1) is 0 Å². The molecule has 1 aromatic rings. The van der Waals surface area contributed by atoms with Crippen LogP contribution in [0.5, 0.6) is 0 Å². The zero-order valence-electron chi connectivity index (χ0n) is 14.5. The Morgan fingerprint density at radius 3 is 2.58 bits per heavy atom. The highest BCUT2D eigenvalue weighted by atomic mass is 32.2. The van der Waals surface area contributed by atoms with E-state index >= 15 is 0 Å². The monoisotopic (exact) mass is 421 g/mol. The maximum atomic E-state index is 13.0. The maximum absolute atomic E-state index is 13.0. The van der Waals surface area contributed by atoms with Gasteiger partial charge >= 0.3 is 0 Å². The molecule has 1 N–H and O–H groups in total. The summed E-state index contributed by atoms with van der Waals surface area (Å²) < 4.78 is 52.6. The lowest BCUT2D eigenvalue weighted by molar-refractivity contribution is -0.135. The molecule has 2 unspecified atom stereocenters. The molecular weight excluding hydrogens is 398 g/mol. The molecule has 2 aliphatic rings. The van der Waals surface area contributed by atoms with Gasteiger partial charge in [-0.15, -0.1) is 11.3 Å². The topological polar surface area (TPSA) is 104 Å². The molecule has 146 valence electrons. The predicted molar refractivity (Wildman–Crippen MR) is 98.8 cm³/mol. The summed E-state index contributed by atoms with van der Waals surface area (Å²) in [5, 5.41) is 1.70. The fourth-order valence-corrected chi connectivity index (χ4v) is 7.16. The summed E-state index contributed by atoms with van der Waals surface area (Å²) in [7, 11) is -7.03. The largest absolute Gasteiger partial charge is 0.340 e. The highest BCUT2D eigenvalue weighted by molar-refractivity contribution is 7.91. The van der Waals surface area contributed by atoms with E-state index in [1.54, 1.807) is 22.4 Å². The van der Waals surface area contributed by atoms with Gasteiger partial charge in [-0.3, -0.25) is 4.79 Å². The van der Waals surface area contributed by atoms with Crippen LogP contribution in [-0.4, -0.2) is 69.9 Å². The molecule has 0 aromatic carbocycles. The quantitative estimate of drug-likeness (QED) is 0.743. The molecule has 0 aliphatic carbocycles. The first kappa shape index (κ1) is 19.7. The molecule has 2 aliphatic heterocycles. The van der Waals surface area contributed by atoms with Crippen LogP contribution in [0.4, 0.5) is 0 Å². The maximum Gasteiger partial charge on any atom is 0.253 e. The van der Waals surface area contributed by atoms with Crippen molar-refractivity contribution in [2.24, 2.45) is 0 Å². The molecule has 0 saturated carbocycles. The lowest BCUT2D eigenvalue weighted by Gasteiger charge is -2.35. The number of rotatable bonds is 5. The van der Waals surface area contributed by atoms with Gasteiger partial charge in [0.1, 0.15) is 10.3 Å². The second-order valence-corrected chi connectivity index (χ2v) is 11.6. The molecule has 11 heteroatoms. The van der Waals surface area contributed by atoms with E-state index in [4.69, 9.17) is 0 Å². The molecule has 26 heavy (non-hydrogen) atoms. The van der Waals surface area contributed by atoms with Gasteiger partial charge in [0.25, 0.3) is 10.0 Å². The zero-order valence-corrected chi connectivity index (χ0v) is 16.9. The summed E-state index contributed by atoms with van der Waals surface area (Å²) in [6.07, 6.45) is 3.58. The number of amides is 1. The molecule has 0 radical (unpaired) electrons. The fraction of sp³-hybridized carbons (Fsp3) is 0.667. The van der Waals surface area contributed by atoms with Gasteiger partial charge < -0.3 is 4.90 Å². The number of carbonyl (C=O) groups excluding carboxylic acids is 1. The van der Waals surface area contributed by atoms with Crippen molar-refractivity contribution in [1.82, 2.24) is 13.9 Å². The predicted octanol–water partition coefficient (Wildman–Crippen LogP) is 0.441. The minimum atomic E-state index is -3.68. The van der Waals surface area contributed by atoms with Crippen molar-refractivity contribution in [1.29, 1.82) is 0 Å². The van der Waals surface area contributed by atoms with Crippen molar-refractivity contribution in [2.45, 2.75) is 42.0 Å². The van der Waals surface area contributed by atoms with Gasteiger partial charge in [-0.25, -0.2) is 21.6 Å². The van der Waals surface area contributed by atoms with E-state index in [0.717, 1.165) is 17.6 Å². The van der Waals surface area contributed by atoms with Gasteiger partial charge in [0.15, 0.2) is 0 Å². The fourth-order valence-electron chi connectivity index (χ4n) is 3.59. The van der Waals surface area contributed by atoms with E-state index < -0.39 is 26.1 Å². The molecule has 1 amide bonds. The molecule has 8 nitrogen and oxygen atoms in total. The summed E-state index contributed by atoms with van der Waals surface area (Å²) in [6.45, 7) is 1.12. The Bertz CT molecular complexity index is 851. The zero-order chi connectivity index (χ0) is 18.9. The summed E-state index contributed by atoms with van der Waals surface area (Å²) in [5.74, 6) is -0.234. The van der Waals surface area contributed by atoms with E-state index in [2.05, 4.69) is 4.72 Å². The first-order chi connectivity index (χ1) is 12.2. The molecule has 3 heterocycles. The van der Waals surface area contributed by atoms with Crippen LogP contribution in [0.3, 0.4) is 0 Å². The van der Waals surface area contributed by atoms with Crippen molar-refractivity contribution in [2.75, 3.05) is 25.9 Å². The minimum Gasteiger partial charge on any atom is -0.340 e. The number of hydrogen-bond donors (Lipinski definition) is 1. The van der Waals surface area contributed by atoms with Crippen molar-refractivity contribution < 1.29 is 21.6 Å². The lowest BCUT2D eigenvalue weighted by Crippen LogP contribution is -2.54. The van der Waals surface area contributed by atoms with Crippen LogP contribution in [0.1, 0.15) is 25.7 Å². The second-order valence-electron chi connectivity index (χ2n) is 6.72. The van der Waals surface area contributed by atoms with Crippen LogP contribution in [0.2, 0.25) is 0 Å². The van der Waals surface area contributed by atoms with Gasteiger partial charge in [0.05, 0.1) is 6.26 Å². The van der Waals surface area contributed by atoms with Crippen molar-refractivity contribution in [3.8, 4) is 0 Å². The average molecular weight is 422 g/mol. The molecule has 3 rings (SSSR count). The lowest BCUT2D eigenvalue weighted by atomic mass is 10.1. The average Bonchev–Trinajstić information content (AvgIpc) is 3.24. The number of thiophene rings is 1. The molecule has 0 bridgehead atoms.